The SMILES string of the molecule is O=C1C[C@H](c2ccc(Cl)cc2)N(c2ccccc2)[C@H]1c1ccccc1. The first-order valence-electron chi connectivity index (χ1n) is 8.40. The molecule has 0 bridgehead atoms. The summed E-state index contributed by atoms with van der Waals surface area (Å²) >= 11 is 6.04. The van der Waals surface area contributed by atoms with Crippen LogP contribution in [0.3, 0.4) is 0 Å². The van der Waals surface area contributed by atoms with Crippen molar-refractivity contribution >= 4 is 23.1 Å². The first-order chi connectivity index (χ1) is 12.2. The van der Waals surface area contributed by atoms with Gasteiger partial charge in [-0.1, -0.05) is 72.3 Å². The number of carbonyl (C=O) groups is 1. The summed E-state index contributed by atoms with van der Waals surface area (Å²) in [5, 5.41) is 0.707. The van der Waals surface area contributed by atoms with Gasteiger partial charge in [-0.25, -0.2) is 0 Å². The van der Waals surface area contributed by atoms with Gasteiger partial charge in [-0.2, -0.15) is 0 Å². The van der Waals surface area contributed by atoms with E-state index >= 15 is 0 Å². The van der Waals surface area contributed by atoms with Crippen LogP contribution in [0.4, 0.5) is 5.69 Å². The van der Waals surface area contributed by atoms with E-state index in [-0.39, 0.29) is 17.9 Å². The van der Waals surface area contributed by atoms with Crippen LogP contribution in [0.1, 0.15) is 29.6 Å². The highest BCUT2D eigenvalue weighted by Crippen LogP contribution is 2.44. The number of hydrogen-bond donors (Lipinski definition) is 0. The monoisotopic (exact) mass is 347 g/mol. The molecule has 3 heteroatoms. The lowest BCUT2D eigenvalue weighted by atomic mass is 10.0. The summed E-state index contributed by atoms with van der Waals surface area (Å²) in [5.74, 6) is 0.245. The molecule has 0 radical (unpaired) electrons. The van der Waals surface area contributed by atoms with Gasteiger partial charge in [0.1, 0.15) is 6.04 Å². The van der Waals surface area contributed by atoms with Gasteiger partial charge in [-0.05, 0) is 35.4 Å². The summed E-state index contributed by atoms with van der Waals surface area (Å²) in [6.07, 6.45) is 0.496. The number of ketones is 1. The molecule has 0 aliphatic carbocycles. The zero-order chi connectivity index (χ0) is 17.2. The highest BCUT2D eigenvalue weighted by molar-refractivity contribution is 6.30. The fourth-order valence-electron chi connectivity index (χ4n) is 3.61. The number of benzene rings is 3. The van der Waals surface area contributed by atoms with E-state index in [1.54, 1.807) is 0 Å². The summed E-state index contributed by atoms with van der Waals surface area (Å²) in [5.41, 5.74) is 3.20. The van der Waals surface area contributed by atoms with Crippen LogP contribution < -0.4 is 4.90 Å². The molecule has 1 aliphatic rings. The van der Waals surface area contributed by atoms with Crippen LogP contribution in [0.15, 0.2) is 84.9 Å². The molecule has 4 rings (SSSR count). The molecule has 0 N–H and O–H groups in total. The minimum absolute atomic E-state index is 0.0115. The van der Waals surface area contributed by atoms with Gasteiger partial charge in [-0.3, -0.25) is 4.79 Å². The summed E-state index contributed by atoms with van der Waals surface area (Å²) in [6, 6.07) is 27.7. The summed E-state index contributed by atoms with van der Waals surface area (Å²) < 4.78 is 0. The first-order valence-corrected chi connectivity index (χ1v) is 8.78. The maximum atomic E-state index is 12.9. The van der Waals surface area contributed by atoms with Crippen LogP contribution in [0.5, 0.6) is 0 Å². The summed E-state index contributed by atoms with van der Waals surface area (Å²) in [6.45, 7) is 0. The van der Waals surface area contributed by atoms with Crippen molar-refractivity contribution in [1.29, 1.82) is 0 Å². The van der Waals surface area contributed by atoms with E-state index in [0.29, 0.717) is 11.4 Å². The van der Waals surface area contributed by atoms with Gasteiger partial charge in [0.15, 0.2) is 5.78 Å². The number of hydrogen-bond acceptors (Lipinski definition) is 2. The molecule has 3 aromatic rings. The third-order valence-corrected chi connectivity index (χ3v) is 4.99. The number of carbonyl (C=O) groups excluding carboxylic acids is 1. The van der Waals surface area contributed by atoms with E-state index < -0.39 is 0 Å². The van der Waals surface area contributed by atoms with Gasteiger partial charge < -0.3 is 4.90 Å². The maximum absolute atomic E-state index is 12.9. The number of rotatable bonds is 3. The topological polar surface area (TPSA) is 20.3 Å². The Balaban J connectivity index is 1.82. The fourth-order valence-corrected chi connectivity index (χ4v) is 3.74. The Labute approximate surface area is 152 Å². The predicted octanol–water partition coefficient (Wildman–Crippen LogP) is 5.60. The Bertz CT molecular complexity index is 862. The zero-order valence-corrected chi connectivity index (χ0v) is 14.4. The minimum atomic E-state index is -0.260. The first kappa shape index (κ1) is 15.9. The minimum Gasteiger partial charge on any atom is -0.350 e. The summed E-state index contributed by atoms with van der Waals surface area (Å²) in [4.78, 5) is 15.2. The zero-order valence-electron chi connectivity index (χ0n) is 13.7. The van der Waals surface area contributed by atoms with E-state index in [1.807, 2.05) is 72.8 Å². The van der Waals surface area contributed by atoms with Gasteiger partial charge in [0.25, 0.3) is 0 Å². The van der Waals surface area contributed by atoms with Crippen molar-refractivity contribution in [2.24, 2.45) is 0 Å². The number of halogens is 1. The molecule has 2 nitrogen and oxygen atoms in total. The second kappa shape index (κ2) is 6.73. The highest BCUT2D eigenvalue weighted by Gasteiger charge is 2.41. The second-order valence-corrected chi connectivity index (χ2v) is 6.73. The highest BCUT2D eigenvalue weighted by atomic mass is 35.5. The van der Waals surface area contributed by atoms with Crippen LogP contribution >= 0.6 is 11.6 Å². The molecular weight excluding hydrogens is 330 g/mol. The molecule has 0 spiro atoms. The molecule has 3 aromatic carbocycles. The van der Waals surface area contributed by atoms with Crippen LogP contribution in [0.2, 0.25) is 5.02 Å². The maximum Gasteiger partial charge on any atom is 0.162 e. The van der Waals surface area contributed by atoms with Crippen molar-refractivity contribution < 1.29 is 4.79 Å². The van der Waals surface area contributed by atoms with E-state index in [4.69, 9.17) is 11.6 Å². The van der Waals surface area contributed by atoms with E-state index in [1.165, 1.54) is 0 Å². The molecule has 1 fully saturated rings. The van der Waals surface area contributed by atoms with Crippen molar-refractivity contribution in [2.45, 2.75) is 18.5 Å². The van der Waals surface area contributed by atoms with Gasteiger partial charge in [0, 0.05) is 17.1 Å². The number of nitrogens with zero attached hydrogens (tertiary/aromatic N) is 1. The fraction of sp³-hybridized carbons (Fsp3) is 0.136. The smallest absolute Gasteiger partial charge is 0.162 e. The van der Waals surface area contributed by atoms with Gasteiger partial charge in [0.05, 0.1) is 6.04 Å². The third kappa shape index (κ3) is 3.06. The lowest BCUT2D eigenvalue weighted by molar-refractivity contribution is -0.118. The number of para-hydroxylation sites is 1. The lowest BCUT2D eigenvalue weighted by Crippen LogP contribution is -2.27. The van der Waals surface area contributed by atoms with Crippen molar-refractivity contribution in [2.75, 3.05) is 4.90 Å². The Kier molecular flexibility index (Phi) is 4.29. The van der Waals surface area contributed by atoms with Gasteiger partial charge in [0.2, 0.25) is 0 Å². The van der Waals surface area contributed by atoms with Gasteiger partial charge in [-0.15, -0.1) is 0 Å². The molecule has 1 saturated heterocycles. The molecule has 0 saturated carbocycles. The Hall–Kier alpha value is -2.58. The second-order valence-electron chi connectivity index (χ2n) is 6.29. The van der Waals surface area contributed by atoms with Crippen molar-refractivity contribution in [3.8, 4) is 0 Å². The summed E-state index contributed by atoms with van der Waals surface area (Å²) in [7, 11) is 0. The quantitative estimate of drug-likeness (QED) is 0.614. The van der Waals surface area contributed by atoms with E-state index in [9.17, 15) is 4.79 Å². The third-order valence-electron chi connectivity index (χ3n) is 4.74. The van der Waals surface area contributed by atoms with Crippen molar-refractivity contribution in [3.63, 3.8) is 0 Å². The van der Waals surface area contributed by atoms with E-state index in [2.05, 4.69) is 17.0 Å². The van der Waals surface area contributed by atoms with Gasteiger partial charge >= 0.3 is 0 Å². The normalized spacial score (nSPS) is 20.0. The molecule has 2 atom stereocenters. The molecule has 1 aliphatic heterocycles. The largest absolute Gasteiger partial charge is 0.350 e. The van der Waals surface area contributed by atoms with Crippen LogP contribution in [-0.2, 0) is 4.79 Å². The lowest BCUT2D eigenvalue weighted by Gasteiger charge is -2.32. The molecule has 0 aromatic heterocycles. The van der Waals surface area contributed by atoms with Crippen molar-refractivity contribution in [1.82, 2.24) is 0 Å². The standard InChI is InChI=1S/C22H18ClNO/c23-18-13-11-16(12-14-18)20-15-21(25)22(17-7-3-1-4-8-17)24(20)19-9-5-2-6-10-19/h1-14,20,22H,15H2/t20-,22+/m1/s1. The Morgan fingerprint density at radius 3 is 2.00 bits per heavy atom. The van der Waals surface area contributed by atoms with Crippen LogP contribution in [0, 0.1) is 0 Å². The average molecular weight is 348 g/mol. The van der Waals surface area contributed by atoms with Crippen LogP contribution in [0.25, 0.3) is 0 Å². The predicted molar refractivity (Wildman–Crippen MR) is 102 cm³/mol. The Morgan fingerprint density at radius 1 is 0.760 bits per heavy atom. The molecule has 0 unspecified atom stereocenters. The van der Waals surface area contributed by atoms with Crippen molar-refractivity contribution in [3.05, 3.63) is 101 Å². The molecule has 1 heterocycles. The molecule has 124 valence electrons. The van der Waals surface area contributed by atoms with E-state index in [0.717, 1.165) is 16.8 Å². The Morgan fingerprint density at radius 2 is 1.36 bits per heavy atom. The number of anilines is 1. The number of Topliss-reactive ketones (excluding diaryl/α,β-unsaturated/α-hetero) is 1. The molecule has 0 amide bonds. The molecular formula is C22H18ClNO. The molecule has 25 heavy (non-hydrogen) atoms. The average Bonchev–Trinajstić information content (AvgIpc) is 3.01. The van der Waals surface area contributed by atoms with Crippen LogP contribution in [-0.4, -0.2) is 5.78 Å².